The molecule has 0 saturated carbocycles. The molecule has 1 aromatic rings. The zero-order chi connectivity index (χ0) is 18.8. The van der Waals surface area contributed by atoms with Gasteiger partial charge in [-0.2, -0.15) is 5.10 Å². The molecular formula is C20H31N5O2. The zero-order valence-electron chi connectivity index (χ0n) is 16.3. The molecule has 7 nitrogen and oxygen atoms in total. The van der Waals surface area contributed by atoms with Crippen molar-refractivity contribution in [2.24, 2.45) is 13.0 Å². The quantitative estimate of drug-likeness (QED) is 0.803. The summed E-state index contributed by atoms with van der Waals surface area (Å²) in [7, 11) is 1.83. The van der Waals surface area contributed by atoms with Gasteiger partial charge in [0.25, 0.3) is 5.91 Å². The predicted molar refractivity (Wildman–Crippen MR) is 102 cm³/mol. The molecule has 3 fully saturated rings. The number of likely N-dealkylation sites (tertiary alicyclic amines) is 3. The predicted octanol–water partition coefficient (Wildman–Crippen LogP) is 1.36. The molecule has 3 saturated heterocycles. The molecule has 0 N–H and O–H groups in total. The molecule has 0 bridgehead atoms. The minimum absolute atomic E-state index is 0.0854. The van der Waals surface area contributed by atoms with Crippen LogP contribution in [0.2, 0.25) is 0 Å². The molecular weight excluding hydrogens is 342 g/mol. The number of piperidine rings is 2. The van der Waals surface area contributed by atoms with E-state index in [9.17, 15) is 9.59 Å². The third-order valence-electron chi connectivity index (χ3n) is 6.44. The first kappa shape index (κ1) is 18.5. The summed E-state index contributed by atoms with van der Waals surface area (Å²) in [5.74, 6) is 0.635. The fraction of sp³-hybridized carbons (Fsp3) is 0.750. The topological polar surface area (TPSA) is 61.7 Å². The summed E-state index contributed by atoms with van der Waals surface area (Å²) in [6, 6.07) is 0.497. The lowest BCUT2D eigenvalue weighted by molar-refractivity contribution is -0.136. The van der Waals surface area contributed by atoms with E-state index in [1.807, 2.05) is 11.9 Å². The van der Waals surface area contributed by atoms with Crippen LogP contribution in [0.4, 0.5) is 0 Å². The van der Waals surface area contributed by atoms with E-state index < -0.39 is 0 Å². The van der Waals surface area contributed by atoms with Gasteiger partial charge in [0.2, 0.25) is 5.91 Å². The molecule has 3 aliphatic rings. The van der Waals surface area contributed by atoms with Crippen molar-refractivity contribution in [3.63, 3.8) is 0 Å². The number of nitrogens with zero attached hydrogens (tertiary/aromatic N) is 5. The fourth-order valence-corrected chi connectivity index (χ4v) is 4.88. The highest BCUT2D eigenvalue weighted by atomic mass is 16.2. The van der Waals surface area contributed by atoms with Gasteiger partial charge in [-0.3, -0.25) is 19.2 Å². The van der Waals surface area contributed by atoms with Crippen LogP contribution in [-0.4, -0.2) is 81.6 Å². The normalized spacial score (nSPS) is 25.1. The van der Waals surface area contributed by atoms with Gasteiger partial charge in [0, 0.05) is 52.0 Å². The molecule has 7 heteroatoms. The summed E-state index contributed by atoms with van der Waals surface area (Å²) < 4.78 is 1.67. The lowest BCUT2D eigenvalue weighted by atomic mass is 9.93. The highest BCUT2D eigenvalue weighted by molar-refractivity contribution is 5.93. The Morgan fingerprint density at radius 1 is 0.963 bits per heavy atom. The van der Waals surface area contributed by atoms with Gasteiger partial charge >= 0.3 is 0 Å². The van der Waals surface area contributed by atoms with Gasteiger partial charge in [-0.15, -0.1) is 0 Å². The summed E-state index contributed by atoms with van der Waals surface area (Å²) in [4.78, 5) is 31.9. The Morgan fingerprint density at radius 3 is 2.37 bits per heavy atom. The molecule has 0 spiro atoms. The van der Waals surface area contributed by atoms with Crippen molar-refractivity contribution < 1.29 is 9.59 Å². The minimum Gasteiger partial charge on any atom is -0.342 e. The summed E-state index contributed by atoms with van der Waals surface area (Å²) in [6.45, 7) is 5.47. The first-order valence-corrected chi connectivity index (χ1v) is 10.4. The summed E-state index contributed by atoms with van der Waals surface area (Å²) in [5.41, 5.74) is 0.671. The van der Waals surface area contributed by atoms with Gasteiger partial charge in [0.15, 0.2) is 0 Å². The number of carbonyl (C=O) groups is 2. The molecule has 4 rings (SSSR count). The zero-order valence-corrected chi connectivity index (χ0v) is 16.3. The van der Waals surface area contributed by atoms with Crippen LogP contribution in [0.15, 0.2) is 12.4 Å². The first-order chi connectivity index (χ1) is 13.1. The van der Waals surface area contributed by atoms with Crippen molar-refractivity contribution in [2.45, 2.75) is 44.6 Å². The molecule has 4 heterocycles. The minimum atomic E-state index is 0.0854. The molecule has 0 aromatic carbocycles. The SMILES string of the molecule is Cn1cc(C(=O)N2CCC(N3CCC[C@H](C(=O)N4CCCC4)C3)CC2)cn1. The van der Waals surface area contributed by atoms with Crippen molar-refractivity contribution >= 4 is 11.8 Å². The average Bonchev–Trinajstić information content (AvgIpc) is 3.39. The Labute approximate surface area is 161 Å². The van der Waals surface area contributed by atoms with Crippen LogP contribution in [0.5, 0.6) is 0 Å². The van der Waals surface area contributed by atoms with Crippen LogP contribution in [-0.2, 0) is 11.8 Å². The largest absolute Gasteiger partial charge is 0.342 e. The second-order valence-corrected chi connectivity index (χ2v) is 8.29. The number of aromatic nitrogens is 2. The van der Waals surface area contributed by atoms with E-state index >= 15 is 0 Å². The van der Waals surface area contributed by atoms with E-state index in [2.05, 4.69) is 14.9 Å². The summed E-state index contributed by atoms with van der Waals surface area (Å²) in [5, 5.41) is 4.10. The third-order valence-corrected chi connectivity index (χ3v) is 6.44. The van der Waals surface area contributed by atoms with Gasteiger partial charge in [0.1, 0.15) is 0 Å². The highest BCUT2D eigenvalue weighted by Crippen LogP contribution is 2.26. The van der Waals surface area contributed by atoms with E-state index in [1.165, 1.54) is 0 Å². The fourth-order valence-electron chi connectivity index (χ4n) is 4.88. The number of hydrogen-bond acceptors (Lipinski definition) is 4. The summed E-state index contributed by atoms with van der Waals surface area (Å²) in [6.07, 6.45) is 9.88. The van der Waals surface area contributed by atoms with E-state index in [4.69, 9.17) is 0 Å². The van der Waals surface area contributed by atoms with Crippen LogP contribution in [0, 0.1) is 5.92 Å². The lowest BCUT2D eigenvalue weighted by Gasteiger charge is -2.42. The number of amides is 2. The second-order valence-electron chi connectivity index (χ2n) is 8.29. The standard InChI is InChI=1S/C20H31N5O2/c1-22-14-17(13-21-22)20(27)24-11-6-18(7-12-24)25-10-4-5-16(15-25)19(26)23-8-2-3-9-23/h13-14,16,18H,2-12,15H2,1H3/t16-/m0/s1. The van der Waals surface area contributed by atoms with E-state index in [1.54, 1.807) is 17.1 Å². The Balaban J connectivity index is 1.30. The first-order valence-electron chi connectivity index (χ1n) is 10.4. The maximum Gasteiger partial charge on any atom is 0.257 e. The van der Waals surface area contributed by atoms with Crippen LogP contribution in [0.1, 0.15) is 48.9 Å². The Bertz CT molecular complexity index is 674. The van der Waals surface area contributed by atoms with Crippen molar-refractivity contribution in [1.82, 2.24) is 24.5 Å². The molecule has 27 heavy (non-hydrogen) atoms. The molecule has 0 aliphatic carbocycles. The van der Waals surface area contributed by atoms with E-state index in [0.717, 1.165) is 77.8 Å². The Hall–Kier alpha value is -1.89. The molecule has 2 amide bonds. The highest BCUT2D eigenvalue weighted by Gasteiger charge is 2.34. The second kappa shape index (κ2) is 8.00. The van der Waals surface area contributed by atoms with Crippen molar-refractivity contribution in [3.8, 4) is 0 Å². The molecule has 148 valence electrons. The smallest absolute Gasteiger partial charge is 0.257 e. The number of rotatable bonds is 3. The molecule has 3 aliphatic heterocycles. The van der Waals surface area contributed by atoms with Crippen molar-refractivity contribution in [1.29, 1.82) is 0 Å². The maximum atomic E-state index is 12.8. The number of hydrogen-bond donors (Lipinski definition) is 0. The monoisotopic (exact) mass is 373 g/mol. The third kappa shape index (κ3) is 4.03. The number of aryl methyl sites for hydroxylation is 1. The lowest BCUT2D eigenvalue weighted by Crippen LogP contribution is -2.51. The summed E-state index contributed by atoms with van der Waals surface area (Å²) >= 11 is 0. The van der Waals surface area contributed by atoms with Gasteiger partial charge in [-0.25, -0.2) is 0 Å². The van der Waals surface area contributed by atoms with Gasteiger partial charge < -0.3 is 9.80 Å². The molecule has 1 aromatic heterocycles. The van der Waals surface area contributed by atoms with E-state index in [-0.39, 0.29) is 11.8 Å². The Morgan fingerprint density at radius 2 is 1.70 bits per heavy atom. The van der Waals surface area contributed by atoms with Gasteiger partial charge in [0.05, 0.1) is 17.7 Å². The van der Waals surface area contributed by atoms with E-state index in [0.29, 0.717) is 17.5 Å². The molecule has 0 unspecified atom stereocenters. The van der Waals surface area contributed by atoms with Crippen LogP contribution >= 0.6 is 0 Å². The van der Waals surface area contributed by atoms with Gasteiger partial charge in [-0.05, 0) is 45.1 Å². The average molecular weight is 374 g/mol. The number of carbonyl (C=O) groups excluding carboxylic acids is 2. The van der Waals surface area contributed by atoms with Gasteiger partial charge in [-0.1, -0.05) is 0 Å². The van der Waals surface area contributed by atoms with Crippen LogP contribution in [0.3, 0.4) is 0 Å². The molecule has 1 atom stereocenters. The van der Waals surface area contributed by atoms with Crippen molar-refractivity contribution in [3.05, 3.63) is 18.0 Å². The van der Waals surface area contributed by atoms with Crippen LogP contribution < -0.4 is 0 Å². The maximum absolute atomic E-state index is 12.8. The molecule has 0 radical (unpaired) electrons. The Kier molecular flexibility index (Phi) is 5.48. The van der Waals surface area contributed by atoms with Crippen LogP contribution in [0.25, 0.3) is 0 Å². The van der Waals surface area contributed by atoms with Crippen molar-refractivity contribution in [2.75, 3.05) is 39.3 Å².